The molecule has 0 spiro atoms. The van der Waals surface area contributed by atoms with Gasteiger partial charge in [0.25, 0.3) is 0 Å². The lowest BCUT2D eigenvalue weighted by molar-refractivity contribution is 0.309. The second-order valence-corrected chi connectivity index (χ2v) is 6.60. The zero-order valence-corrected chi connectivity index (χ0v) is 12.7. The highest BCUT2D eigenvalue weighted by Gasteiger charge is 2.18. The predicted molar refractivity (Wildman–Crippen MR) is 80.1 cm³/mol. The van der Waals surface area contributed by atoms with Gasteiger partial charge in [0.15, 0.2) is 5.82 Å². The zero-order chi connectivity index (χ0) is 13.9. The molecule has 0 aliphatic heterocycles. The van der Waals surface area contributed by atoms with Gasteiger partial charge < -0.3 is 5.73 Å². The Morgan fingerprint density at radius 2 is 2.16 bits per heavy atom. The van der Waals surface area contributed by atoms with Gasteiger partial charge in [-0.15, -0.1) is 11.3 Å². The zero-order valence-electron chi connectivity index (χ0n) is 11.9. The minimum Gasteiger partial charge on any atom is -0.330 e. The first-order chi connectivity index (χ1) is 9.02. The summed E-state index contributed by atoms with van der Waals surface area (Å²) in [6.45, 7) is 5.26. The van der Waals surface area contributed by atoms with Crippen LogP contribution in [0.1, 0.15) is 32.5 Å². The molecule has 0 fully saturated rings. The number of hydrogen-bond acceptors (Lipinski definition) is 4. The molecule has 2 aromatic heterocycles. The van der Waals surface area contributed by atoms with Crippen molar-refractivity contribution in [3.8, 4) is 10.7 Å². The molecule has 19 heavy (non-hydrogen) atoms. The molecule has 0 saturated carbocycles. The molecule has 2 heterocycles. The van der Waals surface area contributed by atoms with Crippen molar-refractivity contribution in [2.45, 2.75) is 33.1 Å². The Balaban J connectivity index is 2.06. The first-order valence-corrected chi connectivity index (χ1v) is 7.54. The standard InChI is InChI=1S/C14H22N4S/c1-14(2,8-9-15)7-6-12-16-13(17-18(12)3)11-5-4-10-19-11/h4-5,10H,6-9,15H2,1-3H3. The van der Waals surface area contributed by atoms with Gasteiger partial charge >= 0.3 is 0 Å². The van der Waals surface area contributed by atoms with Crippen molar-refractivity contribution in [3.05, 3.63) is 23.3 Å². The van der Waals surface area contributed by atoms with Crippen molar-refractivity contribution in [3.63, 3.8) is 0 Å². The molecule has 4 nitrogen and oxygen atoms in total. The van der Waals surface area contributed by atoms with Gasteiger partial charge in [0.1, 0.15) is 5.82 Å². The first kappa shape index (κ1) is 14.2. The second-order valence-electron chi connectivity index (χ2n) is 5.66. The van der Waals surface area contributed by atoms with Crippen LogP contribution in [0.3, 0.4) is 0 Å². The van der Waals surface area contributed by atoms with Gasteiger partial charge in [0.05, 0.1) is 4.88 Å². The number of hydrogen-bond donors (Lipinski definition) is 1. The minimum absolute atomic E-state index is 0.268. The van der Waals surface area contributed by atoms with Gasteiger partial charge in [-0.1, -0.05) is 19.9 Å². The van der Waals surface area contributed by atoms with E-state index in [-0.39, 0.29) is 5.41 Å². The normalized spacial score (nSPS) is 12.0. The Labute approximate surface area is 118 Å². The molecule has 0 saturated heterocycles. The lowest BCUT2D eigenvalue weighted by Gasteiger charge is -2.23. The number of nitrogens with two attached hydrogens (primary N) is 1. The summed E-state index contributed by atoms with van der Waals surface area (Å²) < 4.78 is 1.90. The molecule has 2 N–H and O–H groups in total. The van der Waals surface area contributed by atoms with Crippen LogP contribution in [0.5, 0.6) is 0 Å². The van der Waals surface area contributed by atoms with Crippen LogP contribution in [0.15, 0.2) is 17.5 Å². The van der Waals surface area contributed by atoms with Crippen molar-refractivity contribution >= 4 is 11.3 Å². The Morgan fingerprint density at radius 3 is 2.79 bits per heavy atom. The van der Waals surface area contributed by atoms with Crippen LogP contribution >= 0.6 is 11.3 Å². The van der Waals surface area contributed by atoms with E-state index >= 15 is 0 Å². The number of aromatic nitrogens is 3. The molecular formula is C14H22N4S. The third-order valence-electron chi connectivity index (χ3n) is 3.44. The topological polar surface area (TPSA) is 56.7 Å². The van der Waals surface area contributed by atoms with Crippen LogP contribution in [-0.2, 0) is 13.5 Å². The maximum absolute atomic E-state index is 5.65. The van der Waals surface area contributed by atoms with Gasteiger partial charge in [-0.2, -0.15) is 5.10 Å². The van der Waals surface area contributed by atoms with E-state index < -0.39 is 0 Å². The maximum Gasteiger partial charge on any atom is 0.191 e. The Kier molecular flexibility index (Phi) is 4.37. The van der Waals surface area contributed by atoms with Crippen molar-refractivity contribution in [2.75, 3.05) is 6.54 Å². The summed E-state index contributed by atoms with van der Waals surface area (Å²) in [5.74, 6) is 1.89. The Hall–Kier alpha value is -1.20. The molecule has 0 unspecified atom stereocenters. The fourth-order valence-corrected chi connectivity index (χ4v) is 2.76. The summed E-state index contributed by atoms with van der Waals surface area (Å²) in [5, 5.41) is 6.54. The molecule has 0 aliphatic carbocycles. The Morgan fingerprint density at radius 1 is 1.37 bits per heavy atom. The molecule has 104 valence electrons. The van der Waals surface area contributed by atoms with E-state index in [1.54, 1.807) is 11.3 Å². The highest BCUT2D eigenvalue weighted by Crippen LogP contribution is 2.27. The number of nitrogens with zero attached hydrogens (tertiary/aromatic N) is 3. The summed E-state index contributed by atoms with van der Waals surface area (Å²) in [4.78, 5) is 5.77. The highest BCUT2D eigenvalue weighted by molar-refractivity contribution is 7.13. The van der Waals surface area contributed by atoms with Crippen LogP contribution in [0.25, 0.3) is 10.7 Å². The molecule has 0 aliphatic rings. The summed E-state index contributed by atoms with van der Waals surface area (Å²) in [6.07, 6.45) is 3.07. The molecule has 2 aromatic rings. The molecule has 0 radical (unpaired) electrons. The van der Waals surface area contributed by atoms with E-state index in [4.69, 9.17) is 5.73 Å². The highest BCUT2D eigenvalue weighted by atomic mass is 32.1. The minimum atomic E-state index is 0.268. The lowest BCUT2D eigenvalue weighted by Crippen LogP contribution is -2.18. The lowest BCUT2D eigenvalue weighted by atomic mass is 9.84. The molecule has 0 atom stereocenters. The van der Waals surface area contributed by atoms with Gasteiger partial charge in [0.2, 0.25) is 0 Å². The average molecular weight is 278 g/mol. The quantitative estimate of drug-likeness (QED) is 0.884. The van der Waals surface area contributed by atoms with E-state index in [2.05, 4.69) is 35.4 Å². The summed E-state index contributed by atoms with van der Waals surface area (Å²) in [6, 6.07) is 4.09. The maximum atomic E-state index is 5.65. The smallest absolute Gasteiger partial charge is 0.191 e. The molecule has 0 bridgehead atoms. The van der Waals surface area contributed by atoms with Crippen molar-refractivity contribution in [1.82, 2.24) is 14.8 Å². The predicted octanol–water partition coefficient (Wildman–Crippen LogP) is 2.85. The Bertz CT molecular complexity index is 514. The van der Waals surface area contributed by atoms with E-state index in [1.807, 2.05) is 17.8 Å². The molecule has 5 heteroatoms. The monoisotopic (exact) mass is 278 g/mol. The van der Waals surface area contributed by atoms with E-state index in [9.17, 15) is 0 Å². The van der Waals surface area contributed by atoms with Gasteiger partial charge in [-0.3, -0.25) is 4.68 Å². The van der Waals surface area contributed by atoms with Crippen LogP contribution in [0, 0.1) is 5.41 Å². The van der Waals surface area contributed by atoms with Crippen LogP contribution in [0.4, 0.5) is 0 Å². The number of rotatable bonds is 6. The van der Waals surface area contributed by atoms with E-state index in [0.717, 1.165) is 42.3 Å². The fraction of sp³-hybridized carbons (Fsp3) is 0.571. The van der Waals surface area contributed by atoms with Gasteiger partial charge in [-0.05, 0) is 36.2 Å². The third-order valence-corrected chi connectivity index (χ3v) is 4.31. The van der Waals surface area contributed by atoms with E-state index in [0.29, 0.717) is 0 Å². The first-order valence-electron chi connectivity index (χ1n) is 6.66. The molecule has 2 rings (SSSR count). The summed E-state index contributed by atoms with van der Waals surface area (Å²) in [5.41, 5.74) is 5.92. The summed E-state index contributed by atoms with van der Waals surface area (Å²) >= 11 is 1.67. The van der Waals surface area contributed by atoms with E-state index in [1.165, 1.54) is 0 Å². The SMILES string of the molecule is Cn1nc(-c2cccs2)nc1CCC(C)(C)CCN. The van der Waals surface area contributed by atoms with Crippen LogP contribution in [-0.4, -0.2) is 21.3 Å². The summed E-state index contributed by atoms with van der Waals surface area (Å²) in [7, 11) is 1.97. The van der Waals surface area contributed by atoms with Crippen LogP contribution < -0.4 is 5.73 Å². The second kappa shape index (κ2) is 5.84. The van der Waals surface area contributed by atoms with Crippen molar-refractivity contribution < 1.29 is 0 Å². The van der Waals surface area contributed by atoms with Crippen LogP contribution in [0.2, 0.25) is 0 Å². The average Bonchev–Trinajstić information content (AvgIpc) is 2.95. The third kappa shape index (κ3) is 3.64. The largest absolute Gasteiger partial charge is 0.330 e. The van der Waals surface area contributed by atoms with Gasteiger partial charge in [-0.25, -0.2) is 4.98 Å². The van der Waals surface area contributed by atoms with Crippen molar-refractivity contribution in [2.24, 2.45) is 18.2 Å². The number of thiophene rings is 1. The molecule has 0 aromatic carbocycles. The molecule has 0 amide bonds. The number of aryl methyl sites for hydroxylation is 2. The fourth-order valence-electron chi connectivity index (χ4n) is 2.11. The van der Waals surface area contributed by atoms with Gasteiger partial charge in [0, 0.05) is 13.5 Å². The van der Waals surface area contributed by atoms with Crippen molar-refractivity contribution in [1.29, 1.82) is 0 Å². The molecular weight excluding hydrogens is 256 g/mol.